The fourth-order valence-corrected chi connectivity index (χ4v) is 3.21. The van der Waals surface area contributed by atoms with E-state index < -0.39 is 24.1 Å². The number of likely N-dealkylation sites (N-methyl/N-ethyl adjacent to an activating group) is 1. The lowest BCUT2D eigenvalue weighted by molar-refractivity contribution is -0.158. The molecule has 1 saturated heterocycles. The molecular formula is C21H26N2O5. The Kier molecular flexibility index (Phi) is 6.98. The molecule has 0 saturated carbocycles. The van der Waals surface area contributed by atoms with Crippen molar-refractivity contribution in [2.75, 3.05) is 14.2 Å². The van der Waals surface area contributed by atoms with E-state index in [-0.39, 0.29) is 18.2 Å². The maximum Gasteiger partial charge on any atom is 0.410 e. The van der Waals surface area contributed by atoms with Crippen molar-refractivity contribution in [3.05, 3.63) is 59.8 Å². The van der Waals surface area contributed by atoms with Crippen molar-refractivity contribution < 1.29 is 23.9 Å². The second-order valence-electron chi connectivity index (χ2n) is 6.74. The van der Waals surface area contributed by atoms with Crippen LogP contribution in [0.5, 0.6) is 0 Å². The van der Waals surface area contributed by atoms with Crippen molar-refractivity contribution >= 4 is 18.0 Å². The van der Waals surface area contributed by atoms with Gasteiger partial charge in [-0.25, -0.2) is 9.59 Å². The van der Waals surface area contributed by atoms with Crippen LogP contribution in [0.2, 0.25) is 0 Å². The molecule has 2 rings (SSSR count). The summed E-state index contributed by atoms with van der Waals surface area (Å²) >= 11 is 0. The molecule has 2 amide bonds. The number of ether oxygens (including phenoxy) is 2. The quantitative estimate of drug-likeness (QED) is 0.312. The molecule has 7 heteroatoms. The number of carbonyl (C=O) groups excluding carboxylic acids is 3. The lowest BCUT2D eigenvalue weighted by Gasteiger charge is -2.50. The van der Waals surface area contributed by atoms with E-state index in [1.807, 2.05) is 30.3 Å². The highest BCUT2D eigenvalue weighted by molar-refractivity contribution is 6.01. The molecule has 1 aliphatic rings. The molecule has 1 heterocycles. The van der Waals surface area contributed by atoms with E-state index in [1.165, 1.54) is 24.0 Å². The first-order valence-corrected chi connectivity index (χ1v) is 8.96. The van der Waals surface area contributed by atoms with Crippen molar-refractivity contribution in [3.8, 4) is 0 Å². The summed E-state index contributed by atoms with van der Waals surface area (Å²) in [6.45, 7) is 7.30. The van der Waals surface area contributed by atoms with Crippen molar-refractivity contribution in [2.24, 2.45) is 0 Å². The van der Waals surface area contributed by atoms with Crippen molar-refractivity contribution in [3.63, 3.8) is 0 Å². The Balaban J connectivity index is 2.15. The summed E-state index contributed by atoms with van der Waals surface area (Å²) < 4.78 is 10.1. The van der Waals surface area contributed by atoms with Gasteiger partial charge in [0.25, 0.3) is 5.91 Å². The molecule has 2 atom stereocenters. The maximum absolute atomic E-state index is 12.8. The lowest BCUT2D eigenvalue weighted by Crippen LogP contribution is -2.70. The molecule has 0 N–H and O–H groups in total. The smallest absolute Gasteiger partial charge is 0.410 e. The van der Waals surface area contributed by atoms with Crippen molar-refractivity contribution in [2.45, 2.75) is 39.0 Å². The van der Waals surface area contributed by atoms with E-state index >= 15 is 0 Å². The molecule has 1 aliphatic heterocycles. The molecule has 150 valence electrons. The number of carbonyl (C=O) groups is 3. The van der Waals surface area contributed by atoms with Crippen LogP contribution in [0.4, 0.5) is 4.79 Å². The number of benzene rings is 1. The van der Waals surface area contributed by atoms with E-state index in [0.717, 1.165) is 5.56 Å². The number of amides is 2. The average Bonchev–Trinajstić information content (AvgIpc) is 2.69. The van der Waals surface area contributed by atoms with Gasteiger partial charge in [-0.15, -0.1) is 6.58 Å². The zero-order valence-corrected chi connectivity index (χ0v) is 16.7. The van der Waals surface area contributed by atoms with Crippen LogP contribution in [0.15, 0.2) is 54.3 Å². The minimum atomic E-state index is -0.736. The van der Waals surface area contributed by atoms with Crippen LogP contribution in [-0.4, -0.2) is 54.0 Å². The summed E-state index contributed by atoms with van der Waals surface area (Å²) in [6, 6.07) is 8.13. The highest BCUT2D eigenvalue weighted by Crippen LogP contribution is 2.33. The number of likely N-dealkylation sites (tertiary alicyclic amines) is 1. The van der Waals surface area contributed by atoms with Gasteiger partial charge >= 0.3 is 12.1 Å². The molecule has 0 radical (unpaired) electrons. The second kappa shape index (κ2) is 9.21. The zero-order valence-electron chi connectivity index (χ0n) is 16.7. The molecule has 1 fully saturated rings. The Morgan fingerprint density at radius 3 is 2.43 bits per heavy atom. The molecule has 0 aromatic heterocycles. The van der Waals surface area contributed by atoms with E-state index in [9.17, 15) is 14.4 Å². The summed E-state index contributed by atoms with van der Waals surface area (Å²) in [5, 5.41) is 0. The number of rotatable bonds is 7. The van der Waals surface area contributed by atoms with Gasteiger partial charge in [0.05, 0.1) is 13.2 Å². The highest BCUT2D eigenvalue weighted by Gasteiger charge is 2.53. The SMILES string of the molecule is C=CC[C@@H]1[C@@H](N(C)C(=O)OCc2ccccc2)C(=O)N1C(C(=O)OC)=C(C)C. The van der Waals surface area contributed by atoms with Crippen molar-refractivity contribution in [1.29, 1.82) is 0 Å². The van der Waals surface area contributed by atoms with Gasteiger partial charge in [-0.1, -0.05) is 36.4 Å². The number of esters is 1. The number of allylic oxidation sites excluding steroid dienone is 1. The van der Waals surface area contributed by atoms with Gasteiger partial charge in [0.2, 0.25) is 0 Å². The molecule has 28 heavy (non-hydrogen) atoms. The summed E-state index contributed by atoms with van der Waals surface area (Å²) in [6.07, 6.45) is 1.47. The first kappa shape index (κ1) is 21.2. The zero-order chi connectivity index (χ0) is 20.8. The first-order valence-electron chi connectivity index (χ1n) is 8.96. The van der Waals surface area contributed by atoms with Gasteiger partial charge in [0.15, 0.2) is 0 Å². The normalized spacial score (nSPS) is 18.0. The van der Waals surface area contributed by atoms with Crippen LogP contribution in [0, 0.1) is 0 Å². The maximum atomic E-state index is 12.8. The van der Waals surface area contributed by atoms with Crippen LogP contribution in [0.1, 0.15) is 25.8 Å². The average molecular weight is 386 g/mol. The molecular weight excluding hydrogens is 360 g/mol. The fourth-order valence-electron chi connectivity index (χ4n) is 3.21. The molecule has 0 aliphatic carbocycles. The van der Waals surface area contributed by atoms with Gasteiger partial charge < -0.3 is 9.47 Å². The number of β-lactam (4-membered cyclic amide) rings is 1. The summed E-state index contributed by atoms with van der Waals surface area (Å²) in [4.78, 5) is 40.1. The minimum Gasteiger partial charge on any atom is -0.464 e. The van der Waals surface area contributed by atoms with E-state index in [0.29, 0.717) is 12.0 Å². The number of hydrogen-bond acceptors (Lipinski definition) is 5. The second-order valence-corrected chi connectivity index (χ2v) is 6.74. The number of methoxy groups -OCH3 is 1. The highest BCUT2D eigenvalue weighted by atomic mass is 16.6. The third kappa shape index (κ3) is 4.24. The minimum absolute atomic E-state index is 0.113. The summed E-state index contributed by atoms with van der Waals surface area (Å²) in [5.41, 5.74) is 1.70. The van der Waals surface area contributed by atoms with E-state index in [4.69, 9.17) is 9.47 Å². The standard InChI is InChI=1S/C21H26N2O5/c1-6-10-16-18(19(24)23(16)17(14(2)3)20(25)27-5)22(4)21(26)28-13-15-11-8-7-9-12-15/h6-9,11-12,16,18H,1,10,13H2,2-5H3/t16-,18-/m1/s1. The van der Waals surface area contributed by atoms with Crippen molar-refractivity contribution in [1.82, 2.24) is 9.80 Å². The topological polar surface area (TPSA) is 76.2 Å². The molecule has 7 nitrogen and oxygen atoms in total. The lowest BCUT2D eigenvalue weighted by atomic mass is 9.89. The molecule has 0 spiro atoms. The third-order valence-corrected chi connectivity index (χ3v) is 4.60. The Hall–Kier alpha value is -3.09. The van der Waals surface area contributed by atoms with Gasteiger partial charge in [-0.2, -0.15) is 0 Å². The van der Waals surface area contributed by atoms with Crippen LogP contribution in [0.3, 0.4) is 0 Å². The largest absolute Gasteiger partial charge is 0.464 e. The van der Waals surface area contributed by atoms with Gasteiger partial charge in [-0.3, -0.25) is 14.6 Å². The van der Waals surface area contributed by atoms with Crippen LogP contribution < -0.4 is 0 Å². The summed E-state index contributed by atoms with van der Waals surface area (Å²) in [5.74, 6) is -0.942. The molecule has 1 aromatic rings. The predicted octanol–water partition coefficient (Wildman–Crippen LogP) is 2.88. The number of hydrogen-bond donors (Lipinski definition) is 0. The Bertz CT molecular complexity index is 783. The Morgan fingerprint density at radius 2 is 1.89 bits per heavy atom. The van der Waals surface area contributed by atoms with Gasteiger partial charge in [0.1, 0.15) is 18.3 Å². The fraction of sp³-hybridized carbons (Fsp3) is 0.381. The third-order valence-electron chi connectivity index (χ3n) is 4.60. The van der Waals surface area contributed by atoms with Gasteiger partial charge in [0, 0.05) is 7.05 Å². The van der Waals surface area contributed by atoms with E-state index in [2.05, 4.69) is 6.58 Å². The van der Waals surface area contributed by atoms with Crippen LogP contribution >= 0.6 is 0 Å². The van der Waals surface area contributed by atoms with Crippen LogP contribution in [0.25, 0.3) is 0 Å². The summed E-state index contributed by atoms with van der Waals surface area (Å²) in [7, 11) is 2.78. The van der Waals surface area contributed by atoms with Crippen LogP contribution in [-0.2, 0) is 25.7 Å². The number of nitrogens with zero attached hydrogens (tertiary/aromatic N) is 2. The van der Waals surface area contributed by atoms with Gasteiger partial charge in [-0.05, 0) is 31.4 Å². The predicted molar refractivity (Wildman–Crippen MR) is 104 cm³/mol. The monoisotopic (exact) mass is 386 g/mol. The molecule has 0 unspecified atom stereocenters. The Morgan fingerprint density at radius 1 is 1.25 bits per heavy atom. The molecule has 1 aromatic carbocycles. The van der Waals surface area contributed by atoms with E-state index in [1.54, 1.807) is 19.9 Å². The molecule has 0 bridgehead atoms. The first-order chi connectivity index (χ1) is 13.3. The Labute approximate surface area is 165 Å².